The molecule has 2 N–H and O–H groups in total. The zero-order valence-corrected chi connectivity index (χ0v) is 18.5. The average Bonchev–Trinajstić information content (AvgIpc) is 2.88. The Labute approximate surface area is 203 Å². The molecule has 2 amide bonds. The summed E-state index contributed by atoms with van der Waals surface area (Å²) in [7, 11) is 0. The molecule has 6 nitrogen and oxygen atoms in total. The van der Waals surface area contributed by atoms with E-state index in [-0.39, 0.29) is 44.8 Å². The van der Waals surface area contributed by atoms with E-state index in [2.05, 4.69) is 10.6 Å². The maximum atomic E-state index is 13.6. The Hall–Kier alpha value is -4.98. The van der Waals surface area contributed by atoms with Crippen LogP contribution in [0, 0.1) is 11.6 Å². The molecule has 4 aromatic rings. The molecule has 0 saturated carbocycles. The third kappa shape index (κ3) is 4.05. The van der Waals surface area contributed by atoms with Gasteiger partial charge in [-0.1, -0.05) is 36.4 Å². The second-order valence-electron chi connectivity index (χ2n) is 8.04. The molecule has 1 aliphatic carbocycles. The van der Waals surface area contributed by atoms with E-state index in [1.807, 2.05) is 0 Å². The summed E-state index contributed by atoms with van der Waals surface area (Å²) in [5.41, 5.74) is 0.145. The molecule has 0 heterocycles. The summed E-state index contributed by atoms with van der Waals surface area (Å²) >= 11 is 0. The predicted molar refractivity (Wildman–Crippen MR) is 128 cm³/mol. The monoisotopic (exact) mass is 482 g/mol. The number of ketones is 2. The van der Waals surface area contributed by atoms with Crippen molar-refractivity contribution in [3.63, 3.8) is 0 Å². The van der Waals surface area contributed by atoms with Crippen LogP contribution in [0.2, 0.25) is 0 Å². The van der Waals surface area contributed by atoms with Gasteiger partial charge in [0.15, 0.2) is 11.6 Å². The maximum Gasteiger partial charge on any atom is 0.255 e. The van der Waals surface area contributed by atoms with Crippen LogP contribution in [-0.4, -0.2) is 23.4 Å². The maximum absolute atomic E-state index is 13.6. The van der Waals surface area contributed by atoms with Crippen LogP contribution < -0.4 is 10.6 Å². The molecule has 5 rings (SSSR count). The molecule has 8 heteroatoms. The summed E-state index contributed by atoms with van der Waals surface area (Å²) in [5.74, 6) is -3.66. The molecule has 0 spiro atoms. The van der Waals surface area contributed by atoms with Crippen molar-refractivity contribution in [2.24, 2.45) is 0 Å². The van der Waals surface area contributed by atoms with Gasteiger partial charge in [-0.25, -0.2) is 8.78 Å². The number of fused-ring (bicyclic) bond motifs is 2. The minimum absolute atomic E-state index is 0.0159. The Morgan fingerprint density at radius 3 is 1.36 bits per heavy atom. The lowest BCUT2D eigenvalue weighted by molar-refractivity contribution is 0.0977. The Bertz CT molecular complexity index is 1480. The molecule has 0 saturated heterocycles. The van der Waals surface area contributed by atoms with Crippen LogP contribution in [0.4, 0.5) is 20.2 Å². The average molecular weight is 482 g/mol. The topological polar surface area (TPSA) is 92.3 Å². The van der Waals surface area contributed by atoms with Crippen molar-refractivity contribution in [2.45, 2.75) is 0 Å². The molecule has 4 aromatic carbocycles. The summed E-state index contributed by atoms with van der Waals surface area (Å²) in [6.07, 6.45) is 0. The van der Waals surface area contributed by atoms with Crippen LogP contribution in [0.1, 0.15) is 52.6 Å². The molecule has 0 aliphatic heterocycles. The molecule has 36 heavy (non-hydrogen) atoms. The van der Waals surface area contributed by atoms with Crippen LogP contribution >= 0.6 is 0 Å². The van der Waals surface area contributed by atoms with Gasteiger partial charge in [0.05, 0.1) is 22.5 Å². The number of rotatable bonds is 4. The van der Waals surface area contributed by atoms with Gasteiger partial charge < -0.3 is 10.6 Å². The second-order valence-corrected chi connectivity index (χ2v) is 8.04. The SMILES string of the molecule is O=C(Nc1ccc(NC(=O)c2cccc(F)c2)c2c1C(=O)c1ccccc1C2=O)c1cccc(F)c1. The van der Waals surface area contributed by atoms with Gasteiger partial charge in [0.1, 0.15) is 11.6 Å². The summed E-state index contributed by atoms with van der Waals surface area (Å²) in [6.45, 7) is 0. The van der Waals surface area contributed by atoms with E-state index >= 15 is 0 Å². The van der Waals surface area contributed by atoms with Crippen molar-refractivity contribution in [2.75, 3.05) is 10.6 Å². The zero-order chi connectivity index (χ0) is 25.4. The molecule has 1 aliphatic rings. The highest BCUT2D eigenvalue weighted by Crippen LogP contribution is 2.37. The Balaban J connectivity index is 1.60. The molecule has 0 unspecified atom stereocenters. The fourth-order valence-electron chi connectivity index (χ4n) is 4.08. The van der Waals surface area contributed by atoms with Crippen molar-refractivity contribution in [1.82, 2.24) is 0 Å². The highest BCUT2D eigenvalue weighted by molar-refractivity contribution is 6.33. The number of anilines is 2. The van der Waals surface area contributed by atoms with E-state index in [0.29, 0.717) is 0 Å². The van der Waals surface area contributed by atoms with Crippen molar-refractivity contribution in [1.29, 1.82) is 0 Å². The molecule has 176 valence electrons. The first-order valence-electron chi connectivity index (χ1n) is 10.8. The minimum atomic E-state index is -0.688. The molecule has 0 bridgehead atoms. The number of carbonyl (C=O) groups excluding carboxylic acids is 4. The van der Waals surface area contributed by atoms with Gasteiger partial charge in [0.25, 0.3) is 11.8 Å². The van der Waals surface area contributed by atoms with Gasteiger partial charge >= 0.3 is 0 Å². The summed E-state index contributed by atoms with van der Waals surface area (Å²) < 4.78 is 27.2. The van der Waals surface area contributed by atoms with Crippen molar-refractivity contribution in [3.05, 3.63) is 130 Å². The summed E-state index contributed by atoms with van der Waals surface area (Å²) in [5, 5.41) is 5.15. The van der Waals surface area contributed by atoms with Gasteiger partial charge in [-0.3, -0.25) is 19.2 Å². The van der Waals surface area contributed by atoms with Gasteiger partial charge in [0.2, 0.25) is 0 Å². The van der Waals surface area contributed by atoms with Crippen LogP contribution in [-0.2, 0) is 0 Å². The number of hydrogen-bond acceptors (Lipinski definition) is 4. The lowest BCUT2D eigenvalue weighted by atomic mass is 9.82. The summed E-state index contributed by atoms with van der Waals surface area (Å²) in [6, 6.07) is 18.9. The van der Waals surface area contributed by atoms with Crippen LogP contribution in [0.5, 0.6) is 0 Å². The van der Waals surface area contributed by atoms with Crippen molar-refractivity contribution >= 4 is 34.8 Å². The highest BCUT2D eigenvalue weighted by atomic mass is 19.1. The van der Waals surface area contributed by atoms with Crippen molar-refractivity contribution < 1.29 is 28.0 Å². The van der Waals surface area contributed by atoms with Gasteiger partial charge in [-0.05, 0) is 48.5 Å². The molecule has 0 fully saturated rings. The fourth-order valence-corrected chi connectivity index (χ4v) is 4.08. The number of benzene rings is 4. The van der Waals surface area contributed by atoms with Crippen molar-refractivity contribution in [3.8, 4) is 0 Å². The standard InChI is InChI=1S/C28H16F2N2O4/c29-17-7-3-5-15(13-17)27(35)31-21-11-12-22(32-28(36)16-6-4-8-18(30)14-16)24-23(21)25(33)19-9-1-2-10-20(19)26(24)34/h1-14H,(H,31,35)(H,32,36). The third-order valence-electron chi connectivity index (χ3n) is 5.75. The van der Waals surface area contributed by atoms with E-state index in [1.54, 1.807) is 12.1 Å². The Kier molecular flexibility index (Phi) is 5.69. The van der Waals surface area contributed by atoms with Crippen LogP contribution in [0.15, 0.2) is 84.9 Å². The number of amides is 2. The first-order valence-corrected chi connectivity index (χ1v) is 10.8. The largest absolute Gasteiger partial charge is 0.321 e. The fraction of sp³-hybridized carbons (Fsp3) is 0. The first-order chi connectivity index (χ1) is 17.3. The van der Waals surface area contributed by atoms with Gasteiger partial charge in [-0.2, -0.15) is 0 Å². The normalized spacial score (nSPS) is 11.9. The lowest BCUT2D eigenvalue weighted by Crippen LogP contribution is -2.26. The van der Waals surface area contributed by atoms with Crippen LogP contribution in [0.3, 0.4) is 0 Å². The molecular weight excluding hydrogens is 466 g/mol. The van der Waals surface area contributed by atoms with Crippen LogP contribution in [0.25, 0.3) is 0 Å². The quantitative estimate of drug-likeness (QED) is 0.366. The minimum Gasteiger partial charge on any atom is -0.321 e. The van der Waals surface area contributed by atoms with Gasteiger partial charge in [0, 0.05) is 22.3 Å². The summed E-state index contributed by atoms with van der Waals surface area (Å²) in [4.78, 5) is 52.5. The number of nitrogens with one attached hydrogen (secondary N) is 2. The number of hydrogen-bond donors (Lipinski definition) is 2. The second kappa shape index (κ2) is 8.99. The van der Waals surface area contributed by atoms with E-state index in [0.717, 1.165) is 12.1 Å². The van der Waals surface area contributed by atoms with E-state index in [1.165, 1.54) is 60.7 Å². The third-order valence-corrected chi connectivity index (χ3v) is 5.75. The molecular formula is C28H16F2N2O4. The Morgan fingerprint density at radius 2 is 0.972 bits per heavy atom. The smallest absolute Gasteiger partial charge is 0.255 e. The van der Waals surface area contributed by atoms with E-state index in [4.69, 9.17) is 0 Å². The van der Waals surface area contributed by atoms with E-state index < -0.39 is 35.0 Å². The number of halogens is 2. The molecule has 0 radical (unpaired) electrons. The highest BCUT2D eigenvalue weighted by Gasteiger charge is 2.34. The Morgan fingerprint density at radius 1 is 0.556 bits per heavy atom. The number of carbonyl (C=O) groups is 4. The first kappa shape index (κ1) is 22.8. The van der Waals surface area contributed by atoms with Gasteiger partial charge in [-0.15, -0.1) is 0 Å². The molecule has 0 atom stereocenters. The molecule has 0 aromatic heterocycles. The van der Waals surface area contributed by atoms with E-state index in [9.17, 15) is 28.0 Å². The lowest BCUT2D eigenvalue weighted by Gasteiger charge is -2.23. The predicted octanol–water partition coefficient (Wildman–Crippen LogP) is 5.24. The zero-order valence-electron chi connectivity index (χ0n) is 18.5.